The molecule has 0 unspecified atom stereocenters. The monoisotopic (exact) mass is 498 g/mol. The Bertz CT molecular complexity index is 965. The second-order valence-corrected chi connectivity index (χ2v) is 12.5. The van der Waals surface area contributed by atoms with Gasteiger partial charge in [0.05, 0.1) is 18.8 Å². The first kappa shape index (κ1) is 28.6. The van der Waals surface area contributed by atoms with E-state index in [0.717, 1.165) is 43.3 Å². The van der Waals surface area contributed by atoms with Gasteiger partial charge in [-0.15, -0.1) is 0 Å². The number of allylic oxidation sites excluding steroid dienone is 5. The van der Waals surface area contributed by atoms with Crippen LogP contribution >= 0.6 is 0 Å². The van der Waals surface area contributed by atoms with Crippen LogP contribution in [0, 0.1) is 28.1 Å². The third kappa shape index (κ3) is 5.62. The van der Waals surface area contributed by atoms with Gasteiger partial charge in [-0.3, -0.25) is 9.59 Å². The minimum atomic E-state index is -1.19. The van der Waals surface area contributed by atoms with Gasteiger partial charge in [0.15, 0.2) is 5.78 Å². The fraction of sp³-hybridized carbons (Fsp3) is 0.677. The lowest BCUT2D eigenvalue weighted by Gasteiger charge is -2.47. The molecule has 0 saturated heterocycles. The van der Waals surface area contributed by atoms with Crippen molar-refractivity contribution >= 4 is 11.8 Å². The van der Waals surface area contributed by atoms with Gasteiger partial charge in [-0.2, -0.15) is 0 Å². The summed E-state index contributed by atoms with van der Waals surface area (Å²) in [6, 6.07) is 0. The maximum atomic E-state index is 12.9. The topological polar surface area (TPSA) is 83.8 Å². The number of ether oxygens (including phenoxy) is 1. The van der Waals surface area contributed by atoms with Crippen molar-refractivity contribution in [3.8, 4) is 0 Å². The zero-order valence-electron chi connectivity index (χ0n) is 23.1. The van der Waals surface area contributed by atoms with Crippen molar-refractivity contribution in [1.29, 1.82) is 0 Å². The van der Waals surface area contributed by atoms with E-state index in [1.807, 2.05) is 6.08 Å². The molecular weight excluding hydrogens is 452 g/mol. The molecule has 36 heavy (non-hydrogen) atoms. The number of hydrogen-bond donors (Lipinski definition) is 2. The SMILES string of the molecule is C=C1/C(=C\C=C2/CCC[C@]3(C)[C@@H](C(C)(C)/C=C/C(=O)C(C)(C)C(=O)OCC)CC[C@@H]23)C[C@@H](O)C[C@@H]1O. The van der Waals surface area contributed by atoms with E-state index in [1.54, 1.807) is 26.8 Å². The van der Waals surface area contributed by atoms with Crippen LogP contribution in [0.25, 0.3) is 0 Å². The average molecular weight is 499 g/mol. The molecule has 0 bridgehead atoms. The molecule has 5 nitrogen and oxygen atoms in total. The van der Waals surface area contributed by atoms with Gasteiger partial charge in [0.2, 0.25) is 0 Å². The van der Waals surface area contributed by atoms with Crippen LogP contribution in [-0.2, 0) is 14.3 Å². The van der Waals surface area contributed by atoms with Crippen LogP contribution in [0.5, 0.6) is 0 Å². The predicted molar refractivity (Wildman–Crippen MR) is 143 cm³/mol. The Kier molecular flexibility index (Phi) is 8.57. The van der Waals surface area contributed by atoms with Gasteiger partial charge in [-0.1, -0.05) is 51.2 Å². The molecule has 5 atom stereocenters. The summed E-state index contributed by atoms with van der Waals surface area (Å²) in [5.41, 5.74) is 1.85. The Labute approximate surface area is 217 Å². The van der Waals surface area contributed by atoms with E-state index in [2.05, 4.69) is 39.5 Å². The van der Waals surface area contributed by atoms with Crippen LogP contribution in [0.15, 0.2) is 47.6 Å². The van der Waals surface area contributed by atoms with E-state index in [4.69, 9.17) is 4.74 Å². The van der Waals surface area contributed by atoms with Crippen molar-refractivity contribution in [3.63, 3.8) is 0 Å². The molecule has 0 spiro atoms. The zero-order valence-corrected chi connectivity index (χ0v) is 23.1. The van der Waals surface area contributed by atoms with E-state index in [9.17, 15) is 19.8 Å². The summed E-state index contributed by atoms with van der Waals surface area (Å²) >= 11 is 0. The first-order valence-corrected chi connectivity index (χ1v) is 13.6. The van der Waals surface area contributed by atoms with Gasteiger partial charge in [0, 0.05) is 6.42 Å². The number of fused-ring (bicyclic) bond motifs is 1. The fourth-order valence-corrected chi connectivity index (χ4v) is 6.95. The van der Waals surface area contributed by atoms with Gasteiger partial charge < -0.3 is 14.9 Å². The lowest BCUT2D eigenvalue weighted by atomic mass is 9.57. The number of carbonyl (C=O) groups is 2. The van der Waals surface area contributed by atoms with Crippen LogP contribution in [-0.4, -0.2) is 40.8 Å². The summed E-state index contributed by atoms with van der Waals surface area (Å²) in [6.07, 6.45) is 13.2. The quantitative estimate of drug-likeness (QED) is 0.261. The summed E-state index contributed by atoms with van der Waals surface area (Å²) in [5, 5.41) is 20.3. The highest BCUT2D eigenvalue weighted by Crippen LogP contribution is 2.62. The summed E-state index contributed by atoms with van der Waals surface area (Å²) in [5.74, 6) is 0.178. The van der Waals surface area contributed by atoms with E-state index in [-0.39, 0.29) is 23.2 Å². The van der Waals surface area contributed by atoms with Gasteiger partial charge in [0.1, 0.15) is 5.41 Å². The van der Waals surface area contributed by atoms with Crippen LogP contribution in [0.4, 0.5) is 0 Å². The summed E-state index contributed by atoms with van der Waals surface area (Å²) in [7, 11) is 0. The summed E-state index contributed by atoms with van der Waals surface area (Å²) < 4.78 is 5.11. The molecule has 5 heteroatoms. The number of aliphatic hydroxyl groups is 2. The number of rotatable bonds is 7. The molecule has 0 aromatic heterocycles. The number of ketones is 1. The van der Waals surface area contributed by atoms with Crippen LogP contribution < -0.4 is 0 Å². The van der Waals surface area contributed by atoms with Crippen molar-refractivity contribution in [2.24, 2.45) is 28.1 Å². The van der Waals surface area contributed by atoms with Crippen molar-refractivity contribution in [2.75, 3.05) is 6.61 Å². The molecule has 3 aliphatic rings. The van der Waals surface area contributed by atoms with Crippen LogP contribution in [0.1, 0.15) is 86.5 Å². The Hall–Kier alpha value is -1.98. The van der Waals surface area contributed by atoms with E-state index in [0.29, 0.717) is 24.7 Å². The summed E-state index contributed by atoms with van der Waals surface area (Å²) in [6.45, 7) is 16.1. The number of aliphatic hydroxyl groups excluding tert-OH is 2. The molecule has 2 N–H and O–H groups in total. The number of hydrogen-bond acceptors (Lipinski definition) is 5. The highest BCUT2D eigenvalue weighted by atomic mass is 16.5. The Balaban J connectivity index is 1.80. The predicted octanol–water partition coefficient (Wildman–Crippen LogP) is 5.87. The highest BCUT2D eigenvalue weighted by molar-refractivity contribution is 6.08. The second kappa shape index (κ2) is 10.8. The first-order chi connectivity index (χ1) is 16.7. The molecule has 200 valence electrons. The van der Waals surface area contributed by atoms with Crippen molar-refractivity contribution in [3.05, 3.63) is 47.6 Å². The molecule has 3 fully saturated rings. The Morgan fingerprint density at radius 1 is 1.17 bits per heavy atom. The maximum absolute atomic E-state index is 12.9. The number of carbonyl (C=O) groups excluding carboxylic acids is 2. The van der Waals surface area contributed by atoms with E-state index in [1.165, 1.54) is 5.57 Å². The molecule has 3 aliphatic carbocycles. The van der Waals surface area contributed by atoms with Crippen molar-refractivity contribution in [2.45, 2.75) is 98.7 Å². The lowest BCUT2D eigenvalue weighted by molar-refractivity contribution is -0.156. The lowest BCUT2D eigenvalue weighted by Crippen LogP contribution is -2.39. The summed E-state index contributed by atoms with van der Waals surface area (Å²) in [4.78, 5) is 25.2. The van der Waals surface area contributed by atoms with Crippen molar-refractivity contribution in [1.82, 2.24) is 0 Å². The van der Waals surface area contributed by atoms with Gasteiger partial charge in [-0.05, 0) is 99.2 Å². The molecular formula is C31H46O5. The standard InChI is InChI=1S/C31H46O5/c1-8-36-28(35)30(5,6)27(34)15-17-29(3,4)26-14-13-24-21(10-9-16-31(24,26)7)11-12-22-18-23(32)19-25(33)20(22)2/h11-12,15,17,23-26,32-33H,2,8-10,13-14,16,18-19H2,1,3-7H3/b17-15+,21-11+,22-12-/t23-,24+,25+,26-,31+/m1/s1. The smallest absolute Gasteiger partial charge is 0.319 e. The normalized spacial score (nSPS) is 33.8. The van der Waals surface area contributed by atoms with Gasteiger partial charge in [-0.25, -0.2) is 0 Å². The Morgan fingerprint density at radius 3 is 2.53 bits per heavy atom. The largest absolute Gasteiger partial charge is 0.465 e. The first-order valence-electron chi connectivity index (χ1n) is 13.6. The molecule has 3 saturated carbocycles. The third-order valence-corrected chi connectivity index (χ3v) is 9.19. The molecule has 0 radical (unpaired) electrons. The molecule has 0 amide bonds. The molecule has 0 aliphatic heterocycles. The van der Waals surface area contributed by atoms with E-state index < -0.39 is 23.6 Å². The number of esters is 1. The third-order valence-electron chi connectivity index (χ3n) is 9.19. The maximum Gasteiger partial charge on any atom is 0.319 e. The molecule has 0 aromatic carbocycles. The van der Waals surface area contributed by atoms with Crippen LogP contribution in [0.2, 0.25) is 0 Å². The fourth-order valence-electron chi connectivity index (χ4n) is 6.95. The molecule has 0 aromatic rings. The highest BCUT2D eigenvalue weighted by Gasteiger charge is 2.53. The van der Waals surface area contributed by atoms with Gasteiger partial charge >= 0.3 is 5.97 Å². The van der Waals surface area contributed by atoms with Gasteiger partial charge in [0.25, 0.3) is 0 Å². The minimum absolute atomic E-state index is 0.124. The second-order valence-electron chi connectivity index (χ2n) is 12.5. The minimum Gasteiger partial charge on any atom is -0.465 e. The molecule has 0 heterocycles. The average Bonchev–Trinajstić information content (AvgIpc) is 3.17. The van der Waals surface area contributed by atoms with E-state index >= 15 is 0 Å². The zero-order chi connectivity index (χ0) is 26.9. The van der Waals surface area contributed by atoms with Crippen LogP contribution in [0.3, 0.4) is 0 Å². The molecule has 3 rings (SSSR count). The van der Waals surface area contributed by atoms with Crippen molar-refractivity contribution < 1.29 is 24.5 Å². The Morgan fingerprint density at radius 2 is 1.86 bits per heavy atom.